The van der Waals surface area contributed by atoms with E-state index < -0.39 is 0 Å². The van der Waals surface area contributed by atoms with Crippen molar-refractivity contribution in [1.82, 2.24) is 19.7 Å². The SMILES string of the molecule is Clc1cnc(N2CCC(Cn3cccn3)CC2)nc1. The summed E-state index contributed by atoms with van der Waals surface area (Å²) in [5.74, 6) is 1.46. The van der Waals surface area contributed by atoms with Crippen LogP contribution in [0.4, 0.5) is 5.95 Å². The number of hydrogen-bond acceptors (Lipinski definition) is 4. The Morgan fingerprint density at radius 1 is 1.21 bits per heavy atom. The fraction of sp³-hybridized carbons (Fsp3) is 0.462. The van der Waals surface area contributed by atoms with Crippen LogP contribution in [0, 0.1) is 5.92 Å². The fourth-order valence-electron chi connectivity index (χ4n) is 2.46. The maximum Gasteiger partial charge on any atom is 0.225 e. The van der Waals surface area contributed by atoms with Crippen LogP contribution < -0.4 is 4.90 Å². The summed E-state index contributed by atoms with van der Waals surface area (Å²) in [6, 6.07) is 1.97. The molecule has 0 aromatic carbocycles. The van der Waals surface area contributed by atoms with Gasteiger partial charge in [0, 0.05) is 32.0 Å². The summed E-state index contributed by atoms with van der Waals surface area (Å²) in [7, 11) is 0. The third-order valence-electron chi connectivity index (χ3n) is 3.51. The third kappa shape index (κ3) is 3.04. The van der Waals surface area contributed by atoms with Crippen molar-refractivity contribution in [2.45, 2.75) is 19.4 Å². The number of halogens is 1. The van der Waals surface area contributed by atoms with Gasteiger partial charge in [-0.2, -0.15) is 5.10 Å². The summed E-state index contributed by atoms with van der Waals surface area (Å²) in [6.07, 6.45) is 9.45. The number of anilines is 1. The normalized spacial score (nSPS) is 16.8. The summed E-state index contributed by atoms with van der Waals surface area (Å²) in [5, 5.41) is 4.84. The van der Waals surface area contributed by atoms with E-state index in [0.717, 1.165) is 38.4 Å². The van der Waals surface area contributed by atoms with Crippen LogP contribution in [0.25, 0.3) is 0 Å². The molecule has 5 nitrogen and oxygen atoms in total. The molecule has 3 rings (SSSR count). The van der Waals surface area contributed by atoms with Crippen molar-refractivity contribution in [3.8, 4) is 0 Å². The second-order valence-corrected chi connectivity index (χ2v) is 5.30. The van der Waals surface area contributed by atoms with Gasteiger partial charge in [-0.15, -0.1) is 0 Å². The van der Waals surface area contributed by atoms with Crippen LogP contribution in [0.2, 0.25) is 5.02 Å². The standard InChI is InChI=1S/C13H16ClN5/c14-12-8-15-13(16-9-12)18-6-2-11(3-7-18)10-19-5-1-4-17-19/h1,4-5,8-9,11H,2-3,6-7,10H2. The first kappa shape index (κ1) is 12.4. The average molecular weight is 278 g/mol. The molecule has 2 aromatic heterocycles. The molecule has 0 bridgehead atoms. The average Bonchev–Trinajstić information content (AvgIpc) is 2.94. The van der Waals surface area contributed by atoms with Gasteiger partial charge < -0.3 is 4.90 Å². The Kier molecular flexibility index (Phi) is 3.64. The molecule has 0 saturated carbocycles. The summed E-state index contributed by atoms with van der Waals surface area (Å²) >= 11 is 5.80. The van der Waals surface area contributed by atoms with Gasteiger partial charge in [0.25, 0.3) is 0 Å². The van der Waals surface area contributed by atoms with Crippen LogP contribution in [0.3, 0.4) is 0 Å². The molecule has 0 N–H and O–H groups in total. The van der Waals surface area contributed by atoms with Gasteiger partial charge in [0.2, 0.25) is 5.95 Å². The monoisotopic (exact) mass is 277 g/mol. The first-order valence-corrected chi connectivity index (χ1v) is 6.89. The topological polar surface area (TPSA) is 46.8 Å². The molecule has 0 atom stereocenters. The van der Waals surface area contributed by atoms with E-state index in [1.54, 1.807) is 12.4 Å². The van der Waals surface area contributed by atoms with Crippen LogP contribution in [0.1, 0.15) is 12.8 Å². The molecular weight excluding hydrogens is 262 g/mol. The maximum atomic E-state index is 5.80. The maximum absolute atomic E-state index is 5.80. The van der Waals surface area contributed by atoms with Crippen molar-refractivity contribution < 1.29 is 0 Å². The zero-order chi connectivity index (χ0) is 13.1. The van der Waals surface area contributed by atoms with Crippen molar-refractivity contribution in [2.75, 3.05) is 18.0 Å². The van der Waals surface area contributed by atoms with E-state index in [9.17, 15) is 0 Å². The van der Waals surface area contributed by atoms with E-state index in [1.165, 1.54) is 0 Å². The second-order valence-electron chi connectivity index (χ2n) is 4.86. The number of piperidine rings is 1. The second kappa shape index (κ2) is 5.57. The minimum absolute atomic E-state index is 0.581. The summed E-state index contributed by atoms with van der Waals surface area (Å²) in [4.78, 5) is 10.8. The molecular formula is C13H16ClN5. The summed E-state index contributed by atoms with van der Waals surface area (Å²) in [6.45, 7) is 2.99. The Morgan fingerprint density at radius 2 is 1.95 bits per heavy atom. The van der Waals surface area contributed by atoms with Crippen molar-refractivity contribution in [3.63, 3.8) is 0 Å². The fourth-order valence-corrected chi connectivity index (χ4v) is 2.55. The number of rotatable bonds is 3. The minimum Gasteiger partial charge on any atom is -0.341 e. The Labute approximate surface area is 117 Å². The molecule has 0 amide bonds. The van der Waals surface area contributed by atoms with Crippen molar-refractivity contribution in [3.05, 3.63) is 35.9 Å². The van der Waals surface area contributed by atoms with Crippen LogP contribution in [0.5, 0.6) is 0 Å². The van der Waals surface area contributed by atoms with Gasteiger partial charge in [0.15, 0.2) is 0 Å². The molecule has 1 aliphatic rings. The molecule has 19 heavy (non-hydrogen) atoms. The predicted molar refractivity (Wildman–Crippen MR) is 74.2 cm³/mol. The molecule has 3 heterocycles. The van der Waals surface area contributed by atoms with Crippen molar-refractivity contribution in [1.29, 1.82) is 0 Å². The van der Waals surface area contributed by atoms with Gasteiger partial charge in [-0.25, -0.2) is 9.97 Å². The molecule has 0 radical (unpaired) electrons. The highest BCUT2D eigenvalue weighted by Gasteiger charge is 2.21. The largest absolute Gasteiger partial charge is 0.341 e. The number of aromatic nitrogens is 4. The highest BCUT2D eigenvalue weighted by molar-refractivity contribution is 6.30. The van der Waals surface area contributed by atoms with Gasteiger partial charge in [-0.1, -0.05) is 11.6 Å². The van der Waals surface area contributed by atoms with Crippen molar-refractivity contribution in [2.24, 2.45) is 5.92 Å². The first-order chi connectivity index (χ1) is 9.31. The van der Waals surface area contributed by atoms with Crippen molar-refractivity contribution >= 4 is 17.5 Å². The molecule has 1 fully saturated rings. The molecule has 1 saturated heterocycles. The molecule has 2 aromatic rings. The Hall–Kier alpha value is -1.62. The van der Waals surface area contributed by atoms with E-state index in [2.05, 4.69) is 20.0 Å². The zero-order valence-corrected chi connectivity index (χ0v) is 11.4. The van der Waals surface area contributed by atoms with E-state index in [-0.39, 0.29) is 0 Å². The Bertz CT molecular complexity index is 502. The first-order valence-electron chi connectivity index (χ1n) is 6.51. The molecule has 1 aliphatic heterocycles. The van der Waals surface area contributed by atoms with Gasteiger partial charge in [0.1, 0.15) is 0 Å². The number of hydrogen-bond donors (Lipinski definition) is 0. The minimum atomic E-state index is 0.581. The van der Waals surface area contributed by atoms with Gasteiger partial charge in [-0.05, 0) is 24.8 Å². The van der Waals surface area contributed by atoms with Crippen LogP contribution in [0.15, 0.2) is 30.9 Å². The van der Waals surface area contributed by atoms with E-state index in [0.29, 0.717) is 10.9 Å². The number of nitrogens with zero attached hydrogens (tertiary/aromatic N) is 5. The van der Waals surface area contributed by atoms with E-state index >= 15 is 0 Å². The van der Waals surface area contributed by atoms with Crippen LogP contribution >= 0.6 is 11.6 Å². The Morgan fingerprint density at radius 3 is 2.58 bits per heavy atom. The lowest BCUT2D eigenvalue weighted by Crippen LogP contribution is -2.36. The molecule has 100 valence electrons. The molecule has 0 spiro atoms. The lowest BCUT2D eigenvalue weighted by molar-refractivity contribution is 0.340. The summed E-state index contributed by atoms with van der Waals surface area (Å²) in [5.41, 5.74) is 0. The smallest absolute Gasteiger partial charge is 0.225 e. The molecule has 0 unspecified atom stereocenters. The van der Waals surface area contributed by atoms with Crippen LogP contribution in [-0.2, 0) is 6.54 Å². The van der Waals surface area contributed by atoms with Crippen LogP contribution in [-0.4, -0.2) is 32.8 Å². The third-order valence-corrected chi connectivity index (χ3v) is 3.70. The van der Waals surface area contributed by atoms with E-state index in [4.69, 9.17) is 11.6 Å². The molecule has 0 aliphatic carbocycles. The zero-order valence-electron chi connectivity index (χ0n) is 10.6. The highest BCUT2D eigenvalue weighted by atomic mass is 35.5. The lowest BCUT2D eigenvalue weighted by atomic mass is 9.97. The molecule has 6 heteroatoms. The van der Waals surface area contributed by atoms with E-state index in [1.807, 2.05) is 23.1 Å². The van der Waals surface area contributed by atoms with Gasteiger partial charge in [-0.3, -0.25) is 4.68 Å². The Balaban J connectivity index is 1.56. The van der Waals surface area contributed by atoms with Gasteiger partial charge >= 0.3 is 0 Å². The summed E-state index contributed by atoms with van der Waals surface area (Å²) < 4.78 is 2.01. The van der Waals surface area contributed by atoms with Gasteiger partial charge in [0.05, 0.1) is 17.4 Å². The predicted octanol–water partition coefficient (Wildman–Crippen LogP) is 2.24. The highest BCUT2D eigenvalue weighted by Crippen LogP contribution is 2.22. The lowest BCUT2D eigenvalue weighted by Gasteiger charge is -2.31. The quantitative estimate of drug-likeness (QED) is 0.863.